The van der Waals surface area contributed by atoms with Gasteiger partial charge in [0.1, 0.15) is 40.3 Å². The second-order valence-electron chi connectivity index (χ2n) is 20.7. The molecule has 16 nitrogen and oxygen atoms in total. The average molecular weight is 972 g/mol. The van der Waals surface area contributed by atoms with E-state index in [0.29, 0.717) is 47.7 Å². The van der Waals surface area contributed by atoms with Crippen LogP contribution >= 0.6 is 0 Å². The minimum Gasteiger partial charge on any atom is -0.445 e. The zero-order valence-electron chi connectivity index (χ0n) is 38.7. The number of rotatable bonds is 2. The summed E-state index contributed by atoms with van der Waals surface area (Å²) >= 11 is 0. The van der Waals surface area contributed by atoms with Crippen LogP contribution in [0.15, 0.2) is 72.2 Å². The molecule has 9 atom stereocenters. The number of sulfone groups is 1. The van der Waals surface area contributed by atoms with Crippen LogP contribution in [0.1, 0.15) is 88.3 Å². The standard InChI is InChI=1S/C50H59F2N7O9S/c1-28(2)41-46(63)53-22-40(61)54-33-10-8-29(9-11-33)27-68-48(65)59-25-37(52)35-24-58(47(64)44(62)43(35)59)42(31-13-16-69(66,67)17-14-31)45-55-38-26-57(45)23-30-12-15-50(18-30)32(6-4-3-5-7-39(60)56-41)19-49(50)20-34(38)36(51)21-49/h8-12,15,18,20-21,26,28,31-32,35,37,41-44,62H,3-7,13-14,16-17,19,22-25,27H2,1-2H3,(H,53,63)(H,54,61)(H,56,60)/t32?,35-,37-,41?,42+,43?,44-,49?,50?/m0/s1. The number of fused-ring (bicyclic) bond motifs is 4. The number of alkyl halides is 1. The Labute approximate surface area is 399 Å². The number of amides is 5. The van der Waals surface area contributed by atoms with E-state index >= 15 is 8.78 Å². The number of aliphatic hydroxyl groups excluding tert-OH is 1. The monoisotopic (exact) mass is 971 g/mol. The number of hydrogen-bond donors (Lipinski definition) is 4. The molecule has 2 spiro atoms. The van der Waals surface area contributed by atoms with E-state index in [2.05, 4.69) is 34.2 Å². The molecular weight excluding hydrogens is 913 g/mol. The van der Waals surface area contributed by atoms with Crippen LogP contribution in [0, 0.1) is 34.5 Å². The van der Waals surface area contributed by atoms with Crippen molar-refractivity contribution in [2.75, 3.05) is 36.5 Å². The number of ether oxygens (including phenoxy) is 1. The fourth-order valence-electron chi connectivity index (χ4n) is 12.4. The molecule has 69 heavy (non-hydrogen) atoms. The molecule has 0 radical (unpaired) electrons. The zero-order valence-corrected chi connectivity index (χ0v) is 39.6. The van der Waals surface area contributed by atoms with Gasteiger partial charge in [-0.2, -0.15) is 0 Å². The van der Waals surface area contributed by atoms with E-state index in [1.54, 1.807) is 36.5 Å². The number of aromatic nitrogens is 2. The number of allylic oxidation sites excluding steroid dienone is 8. The molecule has 368 valence electrons. The van der Waals surface area contributed by atoms with Gasteiger partial charge in [-0.15, -0.1) is 0 Å². The third-order valence-corrected chi connectivity index (χ3v) is 17.8. The topological polar surface area (TPSA) is 209 Å². The van der Waals surface area contributed by atoms with Crippen LogP contribution < -0.4 is 16.0 Å². The molecular formula is C50H59F2N7O9S. The van der Waals surface area contributed by atoms with Gasteiger partial charge in [-0.05, 0) is 79.2 Å². The molecule has 5 unspecified atom stereocenters. The molecule has 8 heterocycles. The molecule has 19 heteroatoms. The van der Waals surface area contributed by atoms with Crippen molar-refractivity contribution in [1.29, 1.82) is 0 Å². The van der Waals surface area contributed by atoms with Crippen molar-refractivity contribution in [2.24, 2.45) is 34.5 Å². The van der Waals surface area contributed by atoms with Crippen molar-refractivity contribution in [3.05, 3.63) is 89.3 Å². The van der Waals surface area contributed by atoms with Crippen LogP contribution in [-0.2, 0) is 46.9 Å². The molecule has 12 rings (SSSR count). The van der Waals surface area contributed by atoms with Gasteiger partial charge in [-0.1, -0.05) is 63.1 Å². The summed E-state index contributed by atoms with van der Waals surface area (Å²) in [7, 11) is -3.36. The third kappa shape index (κ3) is 8.50. The highest BCUT2D eigenvalue weighted by molar-refractivity contribution is 7.91. The van der Waals surface area contributed by atoms with Crippen molar-refractivity contribution in [2.45, 2.75) is 109 Å². The maximum atomic E-state index is 16.5. The van der Waals surface area contributed by atoms with Gasteiger partial charge < -0.3 is 35.3 Å². The van der Waals surface area contributed by atoms with Crippen LogP contribution in [0.3, 0.4) is 0 Å². The molecule has 1 aromatic carbocycles. The molecule has 1 saturated carbocycles. The number of nitrogens with zero attached hydrogens (tertiary/aromatic N) is 4. The summed E-state index contributed by atoms with van der Waals surface area (Å²) in [5.41, 5.74) is 1.40. The van der Waals surface area contributed by atoms with Gasteiger partial charge in [0, 0.05) is 53.7 Å². The molecule has 7 aliphatic heterocycles. The maximum Gasteiger partial charge on any atom is 0.410 e. The van der Waals surface area contributed by atoms with Crippen LogP contribution in [-0.4, -0.2) is 118 Å². The lowest BCUT2D eigenvalue weighted by molar-refractivity contribution is -0.156. The first-order valence-corrected chi connectivity index (χ1v) is 26.1. The molecule has 4 fully saturated rings. The molecule has 4 N–H and O–H groups in total. The number of hydrogen-bond acceptors (Lipinski definition) is 10. The van der Waals surface area contributed by atoms with Crippen LogP contribution in [0.25, 0.3) is 5.57 Å². The molecule has 3 saturated heterocycles. The zero-order chi connectivity index (χ0) is 48.6. The van der Waals surface area contributed by atoms with E-state index in [4.69, 9.17) is 9.72 Å². The first-order chi connectivity index (χ1) is 32.9. The van der Waals surface area contributed by atoms with E-state index in [-0.39, 0.29) is 68.2 Å². The van der Waals surface area contributed by atoms with Crippen LogP contribution in [0.4, 0.5) is 19.3 Å². The summed E-state index contributed by atoms with van der Waals surface area (Å²) in [6.45, 7) is 2.71. The fourth-order valence-corrected chi connectivity index (χ4v) is 14.0. The van der Waals surface area contributed by atoms with Gasteiger partial charge in [-0.3, -0.25) is 24.1 Å². The predicted molar refractivity (Wildman–Crippen MR) is 248 cm³/mol. The number of anilines is 1. The number of piperidine rings is 1. The summed E-state index contributed by atoms with van der Waals surface area (Å²) in [6, 6.07) is 3.37. The van der Waals surface area contributed by atoms with Crippen LogP contribution in [0.2, 0.25) is 0 Å². The number of aliphatic hydroxyl groups is 1. The Hall–Kier alpha value is -5.69. The summed E-state index contributed by atoms with van der Waals surface area (Å²) in [5.74, 6) is -3.87. The largest absolute Gasteiger partial charge is 0.445 e. The second-order valence-corrected chi connectivity index (χ2v) is 23.0. The van der Waals surface area contributed by atoms with Gasteiger partial charge >= 0.3 is 6.09 Å². The second kappa shape index (κ2) is 17.9. The van der Waals surface area contributed by atoms with Gasteiger partial charge in [0.05, 0.1) is 42.4 Å². The van der Waals surface area contributed by atoms with Gasteiger partial charge in [0.2, 0.25) is 17.7 Å². The van der Waals surface area contributed by atoms with E-state index in [0.717, 1.165) is 29.7 Å². The Bertz CT molecular complexity index is 2690. The van der Waals surface area contributed by atoms with Crippen LogP contribution in [0.5, 0.6) is 0 Å². The van der Waals surface area contributed by atoms with Crippen molar-refractivity contribution >= 4 is 50.8 Å². The van der Waals surface area contributed by atoms with E-state index in [1.165, 1.54) is 4.90 Å². The Kier molecular flexibility index (Phi) is 12.2. The number of halogens is 2. The average Bonchev–Trinajstić information content (AvgIpc) is 4.10. The number of nitrogens with one attached hydrogen (secondary N) is 3. The summed E-state index contributed by atoms with van der Waals surface area (Å²) < 4.78 is 65.9. The number of carbonyl (C=O) groups excluding carboxylic acids is 5. The van der Waals surface area contributed by atoms with Crippen molar-refractivity contribution < 1.29 is 51.0 Å². The fraction of sp³-hybridized carbons (Fsp3) is 0.560. The highest BCUT2D eigenvalue weighted by atomic mass is 32.2. The number of benzene rings is 1. The normalized spacial score (nSPS) is 34.0. The summed E-state index contributed by atoms with van der Waals surface area (Å²) in [5, 5.41) is 20.0. The van der Waals surface area contributed by atoms with Gasteiger partial charge in [0.15, 0.2) is 6.10 Å². The number of imidazole rings is 1. The van der Waals surface area contributed by atoms with Crippen molar-refractivity contribution in [3.8, 4) is 0 Å². The predicted octanol–water partition coefficient (Wildman–Crippen LogP) is 4.84. The van der Waals surface area contributed by atoms with Gasteiger partial charge in [0.25, 0.3) is 5.91 Å². The highest BCUT2D eigenvalue weighted by Gasteiger charge is 2.63. The third-order valence-electron chi connectivity index (χ3n) is 16.1. The Morgan fingerprint density at radius 3 is 2.46 bits per heavy atom. The molecule has 5 amide bonds. The van der Waals surface area contributed by atoms with Gasteiger partial charge in [-0.25, -0.2) is 27.0 Å². The number of carbonyl (C=O) groups is 5. The van der Waals surface area contributed by atoms with E-state index in [9.17, 15) is 37.5 Å². The SMILES string of the molecule is CC(C)C1NC(=O)CCCCCC2CC34C=C(F)C(=C3)c3cn(c(n3)[C@@H](C3CCS(=O)(=O)CC3)N3C[C@@H]5C([C@H](O)C3=O)N(C[C@@H]5F)C(=O)OCc3ccc(cc3)NC(=O)CNC1=O)CC1=CC24C=C1. The quantitative estimate of drug-likeness (QED) is 0.322. The van der Waals surface area contributed by atoms with E-state index in [1.807, 2.05) is 24.5 Å². The summed E-state index contributed by atoms with van der Waals surface area (Å²) in [6.07, 6.45) is 11.7. The first kappa shape index (κ1) is 47.0. The molecule has 2 aromatic rings. The molecule has 10 aliphatic rings. The Balaban J connectivity index is 0.969. The Morgan fingerprint density at radius 2 is 1.71 bits per heavy atom. The molecule has 12 bridgehead atoms. The van der Waals surface area contributed by atoms with E-state index < -0.39 is 99.1 Å². The minimum atomic E-state index is -3.36. The lowest BCUT2D eigenvalue weighted by atomic mass is 9.43. The maximum absolute atomic E-state index is 16.5. The highest BCUT2D eigenvalue weighted by Crippen LogP contribution is 2.70. The lowest BCUT2D eigenvalue weighted by Gasteiger charge is -2.59. The summed E-state index contributed by atoms with van der Waals surface area (Å²) in [4.78, 5) is 75.0. The molecule has 3 aliphatic carbocycles. The van der Waals surface area contributed by atoms with Crippen molar-refractivity contribution in [3.63, 3.8) is 0 Å². The smallest absolute Gasteiger partial charge is 0.410 e. The Morgan fingerprint density at radius 1 is 0.942 bits per heavy atom. The lowest BCUT2D eigenvalue weighted by Crippen LogP contribution is -2.61. The van der Waals surface area contributed by atoms with Crippen molar-refractivity contribution in [1.82, 2.24) is 30.0 Å². The minimum absolute atomic E-state index is 0.131. The molecule has 1 aromatic heterocycles. The first-order valence-electron chi connectivity index (χ1n) is 24.3.